The van der Waals surface area contributed by atoms with Crippen molar-refractivity contribution in [1.29, 1.82) is 0 Å². The molecule has 1 amide bonds. The number of carbonyl (C=O) groups is 2. The van der Waals surface area contributed by atoms with Gasteiger partial charge in [-0.1, -0.05) is 6.07 Å². The molecule has 0 aromatic heterocycles. The minimum absolute atomic E-state index is 0.0685. The Morgan fingerprint density at radius 2 is 1.81 bits per heavy atom. The van der Waals surface area contributed by atoms with E-state index in [0.717, 1.165) is 0 Å². The summed E-state index contributed by atoms with van der Waals surface area (Å²) in [5, 5.41) is 24.3. The minimum Gasteiger partial charge on any atom is -0.550 e. The molecule has 1 aliphatic rings. The van der Waals surface area contributed by atoms with E-state index in [1.165, 1.54) is 24.3 Å². The fraction of sp³-hybridized carbons (Fsp3) is 0.176. The van der Waals surface area contributed by atoms with E-state index < -0.39 is 29.3 Å². The Bertz CT molecular complexity index is 864. The van der Waals surface area contributed by atoms with Gasteiger partial charge < -0.3 is 24.7 Å². The molecule has 1 heterocycles. The number of nitro groups is 1. The summed E-state index contributed by atoms with van der Waals surface area (Å²) in [6, 6.07) is 8.96. The number of hydrogen-bond donors (Lipinski definition) is 1. The van der Waals surface area contributed by atoms with Gasteiger partial charge in [0.2, 0.25) is 6.79 Å². The van der Waals surface area contributed by atoms with Crippen molar-refractivity contribution >= 4 is 17.6 Å². The number of carbonyl (C=O) groups excluding carboxylic acids is 2. The second-order valence-electron chi connectivity index (χ2n) is 5.52. The number of non-ortho nitro benzene ring substituents is 1. The van der Waals surface area contributed by atoms with Gasteiger partial charge in [0, 0.05) is 30.1 Å². The van der Waals surface area contributed by atoms with Crippen molar-refractivity contribution in [2.45, 2.75) is 12.5 Å². The van der Waals surface area contributed by atoms with Crippen molar-refractivity contribution in [3.8, 4) is 11.5 Å². The van der Waals surface area contributed by atoms with Gasteiger partial charge in [0.25, 0.3) is 11.6 Å². The molecule has 9 nitrogen and oxygen atoms in total. The molecule has 26 heavy (non-hydrogen) atoms. The van der Waals surface area contributed by atoms with Crippen LogP contribution >= 0.6 is 0 Å². The highest BCUT2D eigenvalue weighted by atomic mass is 16.7. The van der Waals surface area contributed by atoms with E-state index in [0.29, 0.717) is 17.1 Å². The Kier molecular flexibility index (Phi) is 4.70. The number of nitro benzene ring substituents is 1. The van der Waals surface area contributed by atoms with Crippen LogP contribution in [0.4, 0.5) is 5.69 Å². The number of carboxylic acids is 1. The van der Waals surface area contributed by atoms with Gasteiger partial charge >= 0.3 is 0 Å². The largest absolute Gasteiger partial charge is 0.550 e. The SMILES string of the molecule is O=C([O-])C[C@@H](NC(=O)c1ccc([N+](=O)[O-])cc1)c1ccc2c(c1)OCO2. The molecule has 0 saturated carbocycles. The molecule has 0 fully saturated rings. The minimum atomic E-state index is -1.34. The monoisotopic (exact) mass is 357 g/mol. The molecule has 3 rings (SSSR count). The van der Waals surface area contributed by atoms with E-state index in [9.17, 15) is 24.8 Å². The first kappa shape index (κ1) is 17.2. The first-order valence-electron chi connectivity index (χ1n) is 7.59. The first-order chi connectivity index (χ1) is 12.4. The van der Waals surface area contributed by atoms with Gasteiger partial charge in [-0.2, -0.15) is 0 Å². The summed E-state index contributed by atoms with van der Waals surface area (Å²) in [5.74, 6) is -0.918. The van der Waals surface area contributed by atoms with Crippen LogP contribution in [-0.2, 0) is 4.79 Å². The predicted molar refractivity (Wildman–Crippen MR) is 85.5 cm³/mol. The lowest BCUT2D eigenvalue weighted by Crippen LogP contribution is -2.34. The van der Waals surface area contributed by atoms with Crippen molar-refractivity contribution in [3.63, 3.8) is 0 Å². The molecule has 0 saturated heterocycles. The number of nitrogens with zero attached hydrogens (tertiary/aromatic N) is 1. The van der Waals surface area contributed by atoms with Crippen molar-refractivity contribution in [2.24, 2.45) is 0 Å². The van der Waals surface area contributed by atoms with E-state index in [4.69, 9.17) is 9.47 Å². The lowest BCUT2D eigenvalue weighted by Gasteiger charge is -2.20. The number of aliphatic carboxylic acids is 1. The van der Waals surface area contributed by atoms with E-state index in [1.807, 2.05) is 0 Å². The van der Waals surface area contributed by atoms with Crippen LogP contribution < -0.4 is 19.9 Å². The molecule has 1 atom stereocenters. The van der Waals surface area contributed by atoms with E-state index in [1.54, 1.807) is 18.2 Å². The van der Waals surface area contributed by atoms with Crippen LogP contribution in [0.3, 0.4) is 0 Å². The Hall–Kier alpha value is -3.62. The Balaban J connectivity index is 1.80. The number of fused-ring (bicyclic) bond motifs is 1. The van der Waals surface area contributed by atoms with Crippen molar-refractivity contribution < 1.29 is 29.1 Å². The molecule has 2 aromatic rings. The number of nitrogens with one attached hydrogen (secondary N) is 1. The van der Waals surface area contributed by atoms with Gasteiger partial charge in [-0.3, -0.25) is 14.9 Å². The maximum Gasteiger partial charge on any atom is 0.269 e. The maximum atomic E-state index is 12.4. The fourth-order valence-electron chi connectivity index (χ4n) is 2.52. The number of carboxylic acid groups (broad SMARTS) is 1. The molecule has 9 heteroatoms. The Morgan fingerprint density at radius 1 is 1.12 bits per heavy atom. The van der Waals surface area contributed by atoms with Crippen LogP contribution in [0.5, 0.6) is 11.5 Å². The zero-order chi connectivity index (χ0) is 18.7. The second-order valence-corrected chi connectivity index (χ2v) is 5.52. The third kappa shape index (κ3) is 3.72. The number of hydrogen-bond acceptors (Lipinski definition) is 7. The number of amides is 1. The molecule has 0 bridgehead atoms. The molecular formula is C17H13N2O7-. The lowest BCUT2D eigenvalue weighted by molar-refractivity contribution is -0.384. The standard InChI is InChI=1S/C17H14N2O7/c20-16(21)8-13(11-3-6-14-15(7-11)26-9-25-14)18-17(22)10-1-4-12(5-2-10)19(23)24/h1-7,13H,8-9H2,(H,18,22)(H,20,21)/p-1/t13-/m1/s1. The average Bonchev–Trinajstić information content (AvgIpc) is 3.08. The van der Waals surface area contributed by atoms with Crippen LogP contribution in [0.1, 0.15) is 28.4 Å². The molecule has 1 N–H and O–H groups in total. The molecule has 2 aromatic carbocycles. The fourth-order valence-corrected chi connectivity index (χ4v) is 2.52. The smallest absolute Gasteiger partial charge is 0.269 e. The van der Waals surface area contributed by atoms with Crippen molar-refractivity contribution in [3.05, 3.63) is 63.7 Å². The Morgan fingerprint density at radius 3 is 2.46 bits per heavy atom. The van der Waals surface area contributed by atoms with Gasteiger partial charge in [0.05, 0.1) is 11.0 Å². The second kappa shape index (κ2) is 7.09. The molecule has 0 spiro atoms. The summed E-state index contributed by atoms with van der Waals surface area (Å²) in [6.45, 7) is 0.0685. The third-order valence-electron chi connectivity index (χ3n) is 3.82. The summed E-state index contributed by atoms with van der Waals surface area (Å²) in [6.07, 6.45) is -0.446. The van der Waals surface area contributed by atoms with Crippen molar-refractivity contribution in [2.75, 3.05) is 6.79 Å². The highest BCUT2D eigenvalue weighted by Crippen LogP contribution is 2.34. The third-order valence-corrected chi connectivity index (χ3v) is 3.82. The van der Waals surface area contributed by atoms with Crippen LogP contribution in [0.2, 0.25) is 0 Å². The van der Waals surface area contributed by atoms with Gasteiger partial charge in [0.1, 0.15) is 0 Å². The van der Waals surface area contributed by atoms with Crippen molar-refractivity contribution in [1.82, 2.24) is 5.32 Å². The van der Waals surface area contributed by atoms with E-state index in [2.05, 4.69) is 5.32 Å². The molecular weight excluding hydrogens is 344 g/mol. The average molecular weight is 357 g/mol. The highest BCUT2D eigenvalue weighted by molar-refractivity contribution is 5.94. The first-order valence-corrected chi connectivity index (χ1v) is 7.59. The molecule has 134 valence electrons. The van der Waals surface area contributed by atoms with Crippen LogP contribution in [0, 0.1) is 10.1 Å². The van der Waals surface area contributed by atoms with Gasteiger partial charge in [-0.05, 0) is 29.8 Å². The summed E-state index contributed by atoms with van der Waals surface area (Å²) in [7, 11) is 0. The number of rotatable bonds is 6. The zero-order valence-corrected chi connectivity index (χ0v) is 13.3. The predicted octanol–water partition coefficient (Wildman–Crippen LogP) is 0.935. The Labute approximate surface area is 147 Å². The summed E-state index contributed by atoms with van der Waals surface area (Å²) in [5.41, 5.74) is 0.525. The van der Waals surface area contributed by atoms with Gasteiger partial charge in [-0.25, -0.2) is 0 Å². The van der Waals surface area contributed by atoms with Crippen LogP contribution in [-0.4, -0.2) is 23.6 Å². The molecule has 0 unspecified atom stereocenters. The zero-order valence-electron chi connectivity index (χ0n) is 13.3. The normalized spacial score (nSPS) is 13.1. The molecule has 1 aliphatic heterocycles. The van der Waals surface area contributed by atoms with E-state index >= 15 is 0 Å². The number of benzene rings is 2. The highest BCUT2D eigenvalue weighted by Gasteiger charge is 2.21. The summed E-state index contributed by atoms with van der Waals surface area (Å²) < 4.78 is 10.5. The summed E-state index contributed by atoms with van der Waals surface area (Å²) >= 11 is 0. The quantitative estimate of drug-likeness (QED) is 0.601. The summed E-state index contributed by atoms with van der Waals surface area (Å²) in [4.78, 5) is 33.5. The molecule has 0 aliphatic carbocycles. The van der Waals surface area contributed by atoms with Gasteiger partial charge in [0.15, 0.2) is 11.5 Å². The molecule has 0 radical (unpaired) electrons. The van der Waals surface area contributed by atoms with Crippen LogP contribution in [0.25, 0.3) is 0 Å². The van der Waals surface area contributed by atoms with Gasteiger partial charge in [-0.15, -0.1) is 0 Å². The lowest BCUT2D eigenvalue weighted by atomic mass is 10.0. The maximum absolute atomic E-state index is 12.4. The van der Waals surface area contributed by atoms with Crippen LogP contribution in [0.15, 0.2) is 42.5 Å². The number of ether oxygens (including phenoxy) is 2. The topological polar surface area (TPSA) is 131 Å². The van der Waals surface area contributed by atoms with E-state index in [-0.39, 0.29) is 18.0 Å².